The molecule has 1 amide bonds. The summed E-state index contributed by atoms with van der Waals surface area (Å²) in [5.74, 6) is 2.42. The normalized spacial score (nSPS) is 15.0. The van der Waals surface area contributed by atoms with Crippen LogP contribution in [-0.2, 0) is 4.79 Å². The predicted molar refractivity (Wildman–Crippen MR) is 107 cm³/mol. The number of nitrogens with one attached hydrogen (secondary N) is 3. The van der Waals surface area contributed by atoms with Gasteiger partial charge < -0.3 is 25.4 Å². The molecular weight excluding hydrogens is 344 g/mol. The van der Waals surface area contributed by atoms with Crippen molar-refractivity contribution in [3.63, 3.8) is 0 Å². The maximum absolute atomic E-state index is 11.7. The zero-order valence-corrected chi connectivity index (χ0v) is 16.8. The molecule has 1 unspecified atom stereocenters. The molecule has 150 valence electrons. The standard InChI is InChI=1S/C20H32N4O3/c1-5-21-20(22-12-6-7-19(25)24-15-8-9-15)23-14(2)17-13-16(26-3)10-11-18(17)27-4/h10-11,13-15H,5-9,12H2,1-4H3,(H,24,25)(H2,21,22,23). The maximum Gasteiger partial charge on any atom is 0.220 e. The third-order valence-electron chi connectivity index (χ3n) is 4.38. The molecule has 0 heterocycles. The fourth-order valence-corrected chi connectivity index (χ4v) is 2.74. The van der Waals surface area contributed by atoms with Crippen molar-refractivity contribution >= 4 is 11.9 Å². The summed E-state index contributed by atoms with van der Waals surface area (Å²) in [6, 6.07) is 6.13. The van der Waals surface area contributed by atoms with E-state index in [0.29, 0.717) is 19.0 Å². The zero-order chi connectivity index (χ0) is 19.6. The summed E-state index contributed by atoms with van der Waals surface area (Å²) in [5, 5.41) is 9.64. The molecule has 0 radical (unpaired) electrons. The van der Waals surface area contributed by atoms with Crippen LogP contribution in [-0.4, -0.2) is 45.2 Å². The molecule has 0 spiro atoms. The average Bonchev–Trinajstić information content (AvgIpc) is 3.48. The lowest BCUT2D eigenvalue weighted by atomic mass is 10.1. The van der Waals surface area contributed by atoms with Gasteiger partial charge in [0.1, 0.15) is 11.5 Å². The van der Waals surface area contributed by atoms with Crippen LogP contribution < -0.4 is 25.4 Å². The Morgan fingerprint density at radius 1 is 1.30 bits per heavy atom. The van der Waals surface area contributed by atoms with Crippen LogP contribution in [0.3, 0.4) is 0 Å². The predicted octanol–water partition coefficient (Wildman–Crippen LogP) is 2.38. The van der Waals surface area contributed by atoms with Gasteiger partial charge in [0.15, 0.2) is 5.96 Å². The van der Waals surface area contributed by atoms with Crippen molar-refractivity contribution in [2.75, 3.05) is 27.3 Å². The summed E-state index contributed by atoms with van der Waals surface area (Å²) in [5.41, 5.74) is 0.992. The molecule has 0 aromatic heterocycles. The molecule has 1 aliphatic carbocycles. The highest BCUT2D eigenvalue weighted by Gasteiger charge is 2.22. The molecule has 1 saturated carbocycles. The van der Waals surface area contributed by atoms with E-state index in [1.165, 1.54) is 0 Å². The first-order valence-corrected chi connectivity index (χ1v) is 9.63. The Morgan fingerprint density at radius 3 is 2.70 bits per heavy atom. The van der Waals surface area contributed by atoms with Gasteiger partial charge in [-0.05, 0) is 51.3 Å². The highest BCUT2D eigenvalue weighted by atomic mass is 16.5. The fourth-order valence-electron chi connectivity index (χ4n) is 2.74. The number of benzene rings is 1. The largest absolute Gasteiger partial charge is 0.497 e. The fraction of sp³-hybridized carbons (Fsp3) is 0.600. The number of nitrogens with zero attached hydrogens (tertiary/aromatic N) is 1. The number of hydrogen-bond donors (Lipinski definition) is 3. The number of ether oxygens (including phenoxy) is 2. The van der Waals surface area contributed by atoms with E-state index in [4.69, 9.17) is 9.47 Å². The molecule has 7 nitrogen and oxygen atoms in total. The summed E-state index contributed by atoms with van der Waals surface area (Å²) in [4.78, 5) is 16.3. The topological polar surface area (TPSA) is 84.0 Å². The van der Waals surface area contributed by atoms with Crippen molar-refractivity contribution < 1.29 is 14.3 Å². The third-order valence-corrected chi connectivity index (χ3v) is 4.38. The third kappa shape index (κ3) is 7.00. The molecule has 2 rings (SSSR count). The molecule has 1 aromatic carbocycles. The molecule has 1 aliphatic rings. The second-order valence-electron chi connectivity index (χ2n) is 6.68. The molecule has 1 atom stereocenters. The summed E-state index contributed by atoms with van der Waals surface area (Å²) in [6.07, 6.45) is 3.47. The Balaban J connectivity index is 1.92. The van der Waals surface area contributed by atoms with Gasteiger partial charge >= 0.3 is 0 Å². The summed E-state index contributed by atoms with van der Waals surface area (Å²) in [7, 11) is 3.30. The van der Waals surface area contributed by atoms with Gasteiger partial charge in [-0.1, -0.05) is 0 Å². The Labute approximate surface area is 161 Å². The average molecular weight is 377 g/mol. The van der Waals surface area contributed by atoms with Crippen LogP contribution in [0.25, 0.3) is 0 Å². The summed E-state index contributed by atoms with van der Waals surface area (Å²) >= 11 is 0. The van der Waals surface area contributed by atoms with Gasteiger partial charge in [-0.3, -0.25) is 9.79 Å². The molecule has 7 heteroatoms. The number of aliphatic imine (C=N–C) groups is 1. The molecular formula is C20H32N4O3. The lowest BCUT2D eigenvalue weighted by molar-refractivity contribution is -0.121. The Kier molecular flexibility index (Phi) is 8.23. The SMILES string of the molecule is CCNC(=NCCCC(=O)NC1CC1)NC(C)c1cc(OC)ccc1OC. The molecule has 27 heavy (non-hydrogen) atoms. The first kappa shape index (κ1) is 20.9. The van der Waals surface area contributed by atoms with Gasteiger partial charge in [0, 0.05) is 31.1 Å². The minimum absolute atomic E-state index is 0.0222. The molecule has 1 fully saturated rings. The molecule has 0 bridgehead atoms. The number of methoxy groups -OCH3 is 2. The second kappa shape index (κ2) is 10.6. The van der Waals surface area contributed by atoms with Crippen LogP contribution in [0.2, 0.25) is 0 Å². The van der Waals surface area contributed by atoms with Crippen molar-refractivity contribution in [1.82, 2.24) is 16.0 Å². The Morgan fingerprint density at radius 2 is 2.07 bits per heavy atom. The first-order chi connectivity index (χ1) is 13.1. The molecule has 0 aliphatic heterocycles. The quantitative estimate of drug-likeness (QED) is 0.332. The number of amides is 1. The van der Waals surface area contributed by atoms with E-state index in [0.717, 1.165) is 48.8 Å². The van der Waals surface area contributed by atoms with Crippen LogP contribution >= 0.6 is 0 Å². The van der Waals surface area contributed by atoms with E-state index >= 15 is 0 Å². The Bertz CT molecular complexity index is 644. The summed E-state index contributed by atoms with van der Waals surface area (Å²) < 4.78 is 10.8. The monoisotopic (exact) mass is 376 g/mol. The maximum atomic E-state index is 11.7. The number of carbonyl (C=O) groups excluding carboxylic acids is 1. The van der Waals surface area contributed by atoms with Crippen LogP contribution in [0.1, 0.15) is 51.1 Å². The van der Waals surface area contributed by atoms with Crippen molar-refractivity contribution in [3.8, 4) is 11.5 Å². The summed E-state index contributed by atoms with van der Waals surface area (Å²) in [6.45, 7) is 5.43. The van der Waals surface area contributed by atoms with E-state index in [9.17, 15) is 4.79 Å². The van der Waals surface area contributed by atoms with Crippen molar-refractivity contribution in [2.24, 2.45) is 4.99 Å². The minimum atomic E-state index is -0.0222. The number of rotatable bonds is 10. The molecule has 0 saturated heterocycles. The highest BCUT2D eigenvalue weighted by Crippen LogP contribution is 2.29. The lowest BCUT2D eigenvalue weighted by Crippen LogP contribution is -2.39. The van der Waals surface area contributed by atoms with Gasteiger partial charge in [-0.15, -0.1) is 0 Å². The number of carbonyl (C=O) groups is 1. The van der Waals surface area contributed by atoms with Gasteiger partial charge in [0.05, 0.1) is 20.3 Å². The van der Waals surface area contributed by atoms with E-state index in [2.05, 4.69) is 20.9 Å². The first-order valence-electron chi connectivity index (χ1n) is 9.63. The van der Waals surface area contributed by atoms with Crippen molar-refractivity contribution in [1.29, 1.82) is 0 Å². The highest BCUT2D eigenvalue weighted by molar-refractivity contribution is 5.80. The van der Waals surface area contributed by atoms with Crippen LogP contribution in [0, 0.1) is 0 Å². The lowest BCUT2D eigenvalue weighted by Gasteiger charge is -2.20. The van der Waals surface area contributed by atoms with Gasteiger partial charge in [-0.25, -0.2) is 0 Å². The van der Waals surface area contributed by atoms with Crippen molar-refractivity contribution in [2.45, 2.75) is 51.6 Å². The zero-order valence-electron chi connectivity index (χ0n) is 16.8. The van der Waals surface area contributed by atoms with E-state index in [1.54, 1.807) is 14.2 Å². The van der Waals surface area contributed by atoms with E-state index < -0.39 is 0 Å². The molecule has 1 aromatic rings. The second-order valence-corrected chi connectivity index (χ2v) is 6.68. The van der Waals surface area contributed by atoms with Crippen LogP contribution in [0.15, 0.2) is 23.2 Å². The van der Waals surface area contributed by atoms with Crippen LogP contribution in [0.5, 0.6) is 11.5 Å². The van der Waals surface area contributed by atoms with Gasteiger partial charge in [-0.2, -0.15) is 0 Å². The smallest absolute Gasteiger partial charge is 0.220 e. The number of hydrogen-bond acceptors (Lipinski definition) is 4. The number of guanidine groups is 1. The van der Waals surface area contributed by atoms with Crippen LogP contribution in [0.4, 0.5) is 0 Å². The molecule has 3 N–H and O–H groups in total. The van der Waals surface area contributed by atoms with Gasteiger partial charge in [0.25, 0.3) is 0 Å². The van der Waals surface area contributed by atoms with E-state index in [1.807, 2.05) is 32.0 Å². The minimum Gasteiger partial charge on any atom is -0.497 e. The van der Waals surface area contributed by atoms with Crippen molar-refractivity contribution in [3.05, 3.63) is 23.8 Å². The van der Waals surface area contributed by atoms with E-state index in [-0.39, 0.29) is 11.9 Å². The Hall–Kier alpha value is -2.44. The van der Waals surface area contributed by atoms with Gasteiger partial charge in [0.2, 0.25) is 5.91 Å².